The Labute approximate surface area is 110 Å². The molecule has 0 aliphatic carbocycles. The third-order valence-corrected chi connectivity index (χ3v) is 2.84. The van der Waals surface area contributed by atoms with Crippen LogP contribution in [-0.2, 0) is 9.59 Å². The molecule has 3 N–H and O–H groups in total. The molecule has 0 aromatic carbocycles. The summed E-state index contributed by atoms with van der Waals surface area (Å²) >= 11 is 0. The molecule has 0 saturated heterocycles. The normalized spacial score (nSPS) is 12.2. The highest BCUT2D eigenvalue weighted by molar-refractivity contribution is 5.87. The van der Waals surface area contributed by atoms with Gasteiger partial charge in [0.2, 0.25) is 11.8 Å². The lowest BCUT2D eigenvalue weighted by molar-refractivity contribution is -0.129. The largest absolute Gasteiger partial charge is 0.368 e. The second kappa shape index (κ2) is 9.68. The average molecular weight is 254 g/mol. The summed E-state index contributed by atoms with van der Waals surface area (Å²) in [6, 6.07) is -0.528. The number of primary amides is 1. The van der Waals surface area contributed by atoms with Gasteiger partial charge < -0.3 is 11.1 Å². The van der Waals surface area contributed by atoms with E-state index in [9.17, 15) is 9.59 Å². The molecular weight excluding hydrogens is 228 g/mol. The molecule has 0 saturated carbocycles. The van der Waals surface area contributed by atoms with Crippen molar-refractivity contribution in [3.8, 4) is 0 Å². The molecule has 4 heteroatoms. The first-order valence-electron chi connectivity index (χ1n) is 6.69. The molecule has 0 radical (unpaired) electrons. The van der Waals surface area contributed by atoms with Gasteiger partial charge in [-0.2, -0.15) is 0 Å². The van der Waals surface area contributed by atoms with Gasteiger partial charge in [0.05, 0.1) is 0 Å². The van der Waals surface area contributed by atoms with Gasteiger partial charge in [-0.15, -0.1) is 6.58 Å². The summed E-state index contributed by atoms with van der Waals surface area (Å²) in [6.07, 6.45) is 7.78. The van der Waals surface area contributed by atoms with E-state index in [0.717, 1.165) is 32.1 Å². The van der Waals surface area contributed by atoms with Gasteiger partial charge in [0.1, 0.15) is 6.04 Å². The standard InChI is InChI=1S/C14H26N2O2/c1-4-5-6-7-8-9-10-12(13(15)17)16-14(18)11(2)3/h4,11-12H,1,5-10H2,2-3H3,(H2,15,17)(H,16,18)/t12-/m1/s1. The van der Waals surface area contributed by atoms with Crippen molar-refractivity contribution in [1.29, 1.82) is 0 Å². The van der Waals surface area contributed by atoms with Crippen molar-refractivity contribution in [2.24, 2.45) is 11.7 Å². The third-order valence-electron chi connectivity index (χ3n) is 2.84. The molecule has 2 amide bonds. The average Bonchev–Trinajstić information content (AvgIpc) is 2.31. The molecule has 0 unspecified atom stereocenters. The van der Waals surface area contributed by atoms with Crippen LogP contribution < -0.4 is 11.1 Å². The van der Waals surface area contributed by atoms with Gasteiger partial charge in [0, 0.05) is 5.92 Å². The van der Waals surface area contributed by atoms with E-state index in [4.69, 9.17) is 5.73 Å². The zero-order valence-electron chi connectivity index (χ0n) is 11.6. The lowest BCUT2D eigenvalue weighted by atomic mass is 10.0. The number of nitrogens with two attached hydrogens (primary N) is 1. The fourth-order valence-corrected chi connectivity index (χ4v) is 1.61. The van der Waals surface area contributed by atoms with Crippen LogP contribution in [0.1, 0.15) is 52.4 Å². The fourth-order valence-electron chi connectivity index (χ4n) is 1.61. The van der Waals surface area contributed by atoms with Crippen LogP contribution in [0, 0.1) is 5.92 Å². The molecule has 18 heavy (non-hydrogen) atoms. The summed E-state index contributed by atoms with van der Waals surface area (Å²) in [5.74, 6) is -0.694. The Morgan fingerprint density at radius 2 is 1.83 bits per heavy atom. The molecule has 0 heterocycles. The smallest absolute Gasteiger partial charge is 0.239 e. The van der Waals surface area contributed by atoms with Gasteiger partial charge >= 0.3 is 0 Å². The van der Waals surface area contributed by atoms with E-state index in [1.165, 1.54) is 0 Å². The second-order valence-electron chi connectivity index (χ2n) is 4.90. The Kier molecular flexibility index (Phi) is 8.97. The van der Waals surface area contributed by atoms with Crippen LogP contribution in [-0.4, -0.2) is 17.9 Å². The number of hydrogen-bond acceptors (Lipinski definition) is 2. The molecule has 0 aliphatic rings. The Bertz CT molecular complexity index is 275. The molecule has 4 nitrogen and oxygen atoms in total. The highest BCUT2D eigenvalue weighted by atomic mass is 16.2. The van der Waals surface area contributed by atoms with Crippen molar-refractivity contribution >= 4 is 11.8 Å². The molecular formula is C14H26N2O2. The first-order valence-corrected chi connectivity index (χ1v) is 6.69. The van der Waals surface area contributed by atoms with Crippen LogP contribution in [0.15, 0.2) is 12.7 Å². The zero-order chi connectivity index (χ0) is 14.0. The Morgan fingerprint density at radius 1 is 1.22 bits per heavy atom. The quantitative estimate of drug-likeness (QED) is 0.463. The monoisotopic (exact) mass is 254 g/mol. The number of carbonyl (C=O) groups excluding carboxylic acids is 2. The van der Waals surface area contributed by atoms with Crippen LogP contribution in [0.4, 0.5) is 0 Å². The topological polar surface area (TPSA) is 72.2 Å². The van der Waals surface area contributed by atoms with Crippen LogP contribution >= 0.6 is 0 Å². The van der Waals surface area contributed by atoms with E-state index in [-0.39, 0.29) is 11.8 Å². The van der Waals surface area contributed by atoms with Crippen LogP contribution in [0.5, 0.6) is 0 Å². The highest BCUT2D eigenvalue weighted by Crippen LogP contribution is 2.08. The number of nitrogens with one attached hydrogen (secondary N) is 1. The molecule has 0 rings (SSSR count). The number of carbonyl (C=O) groups is 2. The summed E-state index contributed by atoms with van der Waals surface area (Å²) < 4.78 is 0. The van der Waals surface area contributed by atoms with Crippen LogP contribution in [0.3, 0.4) is 0 Å². The number of hydrogen-bond donors (Lipinski definition) is 2. The molecule has 0 spiro atoms. The van der Waals surface area contributed by atoms with Crippen molar-refractivity contribution in [3.63, 3.8) is 0 Å². The maximum atomic E-state index is 11.5. The second-order valence-corrected chi connectivity index (χ2v) is 4.90. The van der Waals surface area contributed by atoms with Gasteiger partial charge in [-0.05, 0) is 19.3 Å². The van der Waals surface area contributed by atoms with Crippen molar-refractivity contribution in [1.82, 2.24) is 5.32 Å². The van der Waals surface area contributed by atoms with E-state index in [1.54, 1.807) is 13.8 Å². The third kappa shape index (κ3) is 7.87. The SMILES string of the molecule is C=CCCCCCC[C@@H](NC(=O)C(C)C)C(N)=O. The highest BCUT2D eigenvalue weighted by Gasteiger charge is 2.18. The maximum Gasteiger partial charge on any atom is 0.239 e. The Balaban J connectivity index is 3.87. The van der Waals surface area contributed by atoms with Gasteiger partial charge in [-0.3, -0.25) is 9.59 Å². The van der Waals surface area contributed by atoms with Gasteiger partial charge in [0.15, 0.2) is 0 Å². The molecule has 0 aromatic rings. The Hall–Kier alpha value is -1.32. The molecule has 1 atom stereocenters. The van der Waals surface area contributed by atoms with Crippen molar-refractivity contribution < 1.29 is 9.59 Å². The minimum atomic E-state index is -0.528. The molecule has 0 fully saturated rings. The van der Waals surface area contributed by atoms with E-state index in [1.807, 2.05) is 6.08 Å². The van der Waals surface area contributed by atoms with Crippen molar-refractivity contribution in [3.05, 3.63) is 12.7 Å². The lowest BCUT2D eigenvalue weighted by Gasteiger charge is -2.16. The maximum absolute atomic E-state index is 11.5. The summed E-state index contributed by atoms with van der Waals surface area (Å²) in [5, 5.41) is 2.69. The van der Waals surface area contributed by atoms with Gasteiger partial charge in [-0.25, -0.2) is 0 Å². The number of amides is 2. The van der Waals surface area contributed by atoms with E-state index in [2.05, 4.69) is 11.9 Å². The van der Waals surface area contributed by atoms with Crippen molar-refractivity contribution in [2.45, 2.75) is 58.4 Å². The molecule has 0 bridgehead atoms. The summed E-state index contributed by atoms with van der Waals surface area (Å²) in [7, 11) is 0. The van der Waals surface area contributed by atoms with E-state index >= 15 is 0 Å². The summed E-state index contributed by atoms with van der Waals surface area (Å²) in [5.41, 5.74) is 5.28. The number of unbranched alkanes of at least 4 members (excludes halogenated alkanes) is 4. The van der Waals surface area contributed by atoms with Gasteiger partial charge in [0.25, 0.3) is 0 Å². The van der Waals surface area contributed by atoms with Crippen LogP contribution in [0.2, 0.25) is 0 Å². The van der Waals surface area contributed by atoms with E-state index < -0.39 is 11.9 Å². The molecule has 0 aliphatic heterocycles. The number of rotatable bonds is 10. The van der Waals surface area contributed by atoms with Crippen LogP contribution in [0.25, 0.3) is 0 Å². The molecule has 104 valence electrons. The lowest BCUT2D eigenvalue weighted by Crippen LogP contribution is -2.45. The first-order chi connectivity index (χ1) is 8.49. The minimum Gasteiger partial charge on any atom is -0.368 e. The fraction of sp³-hybridized carbons (Fsp3) is 0.714. The predicted molar refractivity (Wildman–Crippen MR) is 73.9 cm³/mol. The minimum absolute atomic E-state index is 0.120. The van der Waals surface area contributed by atoms with Gasteiger partial charge in [-0.1, -0.05) is 39.2 Å². The summed E-state index contributed by atoms with van der Waals surface area (Å²) in [4.78, 5) is 22.7. The zero-order valence-corrected chi connectivity index (χ0v) is 11.6. The Morgan fingerprint density at radius 3 is 2.33 bits per heavy atom. The summed E-state index contributed by atoms with van der Waals surface area (Å²) in [6.45, 7) is 7.26. The van der Waals surface area contributed by atoms with E-state index in [0.29, 0.717) is 6.42 Å². The van der Waals surface area contributed by atoms with Crippen molar-refractivity contribution in [2.75, 3.05) is 0 Å². The predicted octanol–water partition coefficient (Wildman–Crippen LogP) is 2.14. The molecule has 0 aromatic heterocycles. The number of allylic oxidation sites excluding steroid dienone is 1. The first kappa shape index (κ1) is 16.7.